The standard InChI is InChI=1S/C10H13N5O4S2/c1-6-7(5-14(2)13-6)4-12-21(18,19)9-3-8(15(16)17)10(11)20-9/h3,5,12H,4,11H2,1-2H3. The van der Waals surface area contributed by atoms with Crippen molar-refractivity contribution in [3.63, 3.8) is 0 Å². The van der Waals surface area contributed by atoms with Gasteiger partial charge in [0.25, 0.3) is 10.0 Å². The second-order valence-corrected chi connectivity index (χ2v) is 7.39. The SMILES string of the molecule is Cc1nn(C)cc1CNS(=O)(=O)c1cc([N+](=O)[O-])c(N)s1. The highest BCUT2D eigenvalue weighted by molar-refractivity contribution is 7.91. The summed E-state index contributed by atoms with van der Waals surface area (Å²) >= 11 is 0.659. The summed E-state index contributed by atoms with van der Waals surface area (Å²) in [6.07, 6.45) is 1.70. The summed E-state index contributed by atoms with van der Waals surface area (Å²) < 4.78 is 28.0. The van der Waals surface area contributed by atoms with E-state index in [9.17, 15) is 18.5 Å². The van der Waals surface area contributed by atoms with Crippen molar-refractivity contribution in [2.75, 3.05) is 5.73 Å². The van der Waals surface area contributed by atoms with Crippen LogP contribution in [0.5, 0.6) is 0 Å². The molecule has 0 radical (unpaired) electrons. The fourth-order valence-electron chi connectivity index (χ4n) is 1.71. The number of nitrogens with zero attached hydrogens (tertiary/aromatic N) is 3. The van der Waals surface area contributed by atoms with Crippen molar-refractivity contribution in [3.05, 3.63) is 33.6 Å². The predicted octanol–water partition coefficient (Wildman–Crippen LogP) is 0.759. The smallest absolute Gasteiger partial charge is 0.304 e. The lowest BCUT2D eigenvalue weighted by Crippen LogP contribution is -2.22. The highest BCUT2D eigenvalue weighted by Gasteiger charge is 2.24. The first kappa shape index (κ1) is 15.4. The molecule has 0 saturated heterocycles. The van der Waals surface area contributed by atoms with Crippen LogP contribution in [0.2, 0.25) is 0 Å². The fourth-order valence-corrected chi connectivity index (χ4v) is 3.98. The number of rotatable bonds is 5. The number of nitrogens with two attached hydrogens (primary N) is 1. The van der Waals surface area contributed by atoms with Gasteiger partial charge in [-0.25, -0.2) is 13.1 Å². The maximum absolute atomic E-state index is 12.1. The van der Waals surface area contributed by atoms with Crippen LogP contribution < -0.4 is 10.5 Å². The van der Waals surface area contributed by atoms with E-state index in [-0.39, 0.29) is 15.8 Å². The zero-order chi connectivity index (χ0) is 15.8. The van der Waals surface area contributed by atoms with Crippen molar-refractivity contribution in [3.8, 4) is 0 Å². The predicted molar refractivity (Wildman–Crippen MR) is 77.4 cm³/mol. The van der Waals surface area contributed by atoms with Gasteiger partial charge in [0.1, 0.15) is 4.21 Å². The molecular formula is C10H13N5O4S2. The molecule has 0 amide bonds. The Morgan fingerprint density at radius 2 is 2.24 bits per heavy atom. The van der Waals surface area contributed by atoms with Crippen LogP contribution in [0, 0.1) is 17.0 Å². The van der Waals surface area contributed by atoms with Gasteiger partial charge in [-0.05, 0) is 6.92 Å². The summed E-state index contributed by atoms with van der Waals surface area (Å²) in [5.41, 5.74) is 6.47. The lowest BCUT2D eigenvalue weighted by molar-refractivity contribution is -0.383. The Balaban J connectivity index is 2.21. The highest BCUT2D eigenvalue weighted by atomic mass is 32.2. The second kappa shape index (κ2) is 5.42. The average Bonchev–Trinajstić information content (AvgIpc) is 2.90. The topological polar surface area (TPSA) is 133 Å². The van der Waals surface area contributed by atoms with Crippen LogP contribution >= 0.6 is 11.3 Å². The van der Waals surface area contributed by atoms with Gasteiger partial charge in [0, 0.05) is 31.4 Å². The molecule has 0 aliphatic heterocycles. The monoisotopic (exact) mass is 331 g/mol. The number of hydrogen-bond acceptors (Lipinski definition) is 7. The summed E-state index contributed by atoms with van der Waals surface area (Å²) in [6, 6.07) is 0.957. The van der Waals surface area contributed by atoms with Gasteiger partial charge in [-0.2, -0.15) is 5.10 Å². The number of anilines is 1. The van der Waals surface area contributed by atoms with Crippen LogP contribution in [-0.4, -0.2) is 23.1 Å². The van der Waals surface area contributed by atoms with Gasteiger partial charge in [0.2, 0.25) is 0 Å². The Kier molecular flexibility index (Phi) is 3.98. The van der Waals surface area contributed by atoms with E-state index in [0.29, 0.717) is 17.0 Å². The van der Waals surface area contributed by atoms with Crippen molar-refractivity contribution in [1.82, 2.24) is 14.5 Å². The highest BCUT2D eigenvalue weighted by Crippen LogP contribution is 2.34. The van der Waals surface area contributed by atoms with E-state index in [0.717, 1.165) is 11.6 Å². The van der Waals surface area contributed by atoms with E-state index in [1.165, 1.54) is 0 Å². The molecule has 2 aromatic rings. The van der Waals surface area contributed by atoms with E-state index in [2.05, 4.69) is 9.82 Å². The Labute approximate surface area is 124 Å². The van der Waals surface area contributed by atoms with Gasteiger partial charge in [0.05, 0.1) is 10.6 Å². The van der Waals surface area contributed by atoms with Crippen molar-refractivity contribution in [1.29, 1.82) is 0 Å². The van der Waals surface area contributed by atoms with Crippen molar-refractivity contribution in [2.24, 2.45) is 7.05 Å². The zero-order valence-corrected chi connectivity index (χ0v) is 12.9. The van der Waals surface area contributed by atoms with Gasteiger partial charge in [-0.15, -0.1) is 0 Å². The van der Waals surface area contributed by atoms with Gasteiger partial charge < -0.3 is 5.73 Å². The molecular weight excluding hydrogens is 318 g/mol. The van der Waals surface area contributed by atoms with E-state index >= 15 is 0 Å². The molecule has 114 valence electrons. The molecule has 2 heterocycles. The molecule has 21 heavy (non-hydrogen) atoms. The van der Waals surface area contributed by atoms with Crippen LogP contribution in [0.4, 0.5) is 10.7 Å². The molecule has 0 fully saturated rings. The lowest BCUT2D eigenvalue weighted by atomic mass is 10.3. The second-order valence-electron chi connectivity index (χ2n) is 4.31. The number of hydrogen-bond donors (Lipinski definition) is 2. The minimum absolute atomic E-state index is 0.0492. The average molecular weight is 331 g/mol. The molecule has 0 aliphatic carbocycles. The third-order valence-electron chi connectivity index (χ3n) is 2.75. The largest absolute Gasteiger partial charge is 0.385 e. The molecule has 0 spiro atoms. The van der Waals surface area contributed by atoms with Crippen LogP contribution in [0.1, 0.15) is 11.3 Å². The number of nitrogen functional groups attached to an aromatic ring is 1. The summed E-state index contributed by atoms with van der Waals surface area (Å²) in [7, 11) is -2.12. The number of thiophene rings is 1. The van der Waals surface area contributed by atoms with Crippen molar-refractivity contribution < 1.29 is 13.3 Å². The van der Waals surface area contributed by atoms with E-state index in [4.69, 9.17) is 5.73 Å². The maximum Gasteiger partial charge on any atom is 0.304 e. The molecule has 9 nitrogen and oxygen atoms in total. The number of nitro groups is 1. The first-order valence-corrected chi connectivity index (χ1v) is 8.03. The van der Waals surface area contributed by atoms with Gasteiger partial charge in [-0.3, -0.25) is 14.8 Å². The molecule has 0 aliphatic rings. The summed E-state index contributed by atoms with van der Waals surface area (Å²) in [5, 5.41) is 14.7. The lowest BCUT2D eigenvalue weighted by Gasteiger charge is -2.03. The summed E-state index contributed by atoms with van der Waals surface area (Å²) in [4.78, 5) is 9.98. The van der Waals surface area contributed by atoms with Crippen molar-refractivity contribution >= 4 is 32.0 Å². The van der Waals surface area contributed by atoms with Gasteiger partial charge in [0.15, 0.2) is 5.00 Å². The van der Waals surface area contributed by atoms with Gasteiger partial charge in [-0.1, -0.05) is 11.3 Å². The Bertz CT molecular complexity index is 792. The normalized spacial score (nSPS) is 11.7. The third-order valence-corrected chi connectivity index (χ3v) is 5.58. The molecule has 0 bridgehead atoms. The number of sulfonamides is 1. The first-order chi connectivity index (χ1) is 9.70. The van der Waals surface area contributed by atoms with E-state index < -0.39 is 20.6 Å². The van der Waals surface area contributed by atoms with Crippen LogP contribution in [0.25, 0.3) is 0 Å². The molecule has 2 aromatic heterocycles. The van der Waals surface area contributed by atoms with Gasteiger partial charge >= 0.3 is 5.69 Å². The molecule has 11 heteroatoms. The molecule has 0 atom stereocenters. The molecule has 2 rings (SSSR count). The molecule has 0 saturated carbocycles. The first-order valence-electron chi connectivity index (χ1n) is 5.73. The molecule has 0 aromatic carbocycles. The van der Waals surface area contributed by atoms with Crippen LogP contribution in [0.15, 0.2) is 16.5 Å². The number of aryl methyl sites for hydroxylation is 2. The van der Waals surface area contributed by atoms with E-state index in [1.807, 2.05) is 0 Å². The van der Waals surface area contributed by atoms with Crippen molar-refractivity contribution in [2.45, 2.75) is 17.7 Å². The zero-order valence-electron chi connectivity index (χ0n) is 11.2. The number of aromatic nitrogens is 2. The Morgan fingerprint density at radius 3 is 2.71 bits per heavy atom. The minimum atomic E-state index is -3.85. The molecule has 0 unspecified atom stereocenters. The van der Waals surface area contributed by atoms with Crippen LogP contribution in [-0.2, 0) is 23.6 Å². The Hall–Kier alpha value is -1.98. The number of nitrogens with one attached hydrogen (secondary N) is 1. The van der Waals surface area contributed by atoms with Crippen LogP contribution in [0.3, 0.4) is 0 Å². The maximum atomic E-state index is 12.1. The fraction of sp³-hybridized carbons (Fsp3) is 0.300. The summed E-state index contributed by atoms with van der Waals surface area (Å²) in [6.45, 7) is 1.81. The minimum Gasteiger partial charge on any atom is -0.385 e. The third kappa shape index (κ3) is 3.20. The molecule has 3 N–H and O–H groups in total. The Morgan fingerprint density at radius 1 is 1.57 bits per heavy atom. The summed E-state index contributed by atoms with van der Waals surface area (Å²) in [5.74, 6) is 0. The van der Waals surface area contributed by atoms with E-state index in [1.54, 1.807) is 24.9 Å². The quantitative estimate of drug-likeness (QED) is 0.613.